The summed E-state index contributed by atoms with van der Waals surface area (Å²) in [6.45, 7) is 6.92. The molecular formula is C19H33NO3. The Balaban J connectivity index is 1.27. The summed E-state index contributed by atoms with van der Waals surface area (Å²) in [4.78, 5) is 2.28. The third-order valence-corrected chi connectivity index (χ3v) is 7.06. The fraction of sp³-hybridized carbons (Fsp3) is 1.00. The van der Waals surface area contributed by atoms with Gasteiger partial charge in [-0.2, -0.15) is 0 Å². The maximum Gasteiger partial charge on any atom is 0.0900 e. The minimum absolute atomic E-state index is 0.301. The second kappa shape index (κ2) is 6.62. The molecule has 2 atom stereocenters. The fourth-order valence-electron chi connectivity index (χ4n) is 6.24. The summed E-state index contributed by atoms with van der Waals surface area (Å²) in [5.74, 6) is 2.89. The largest absolute Gasteiger partial charge is 0.389 e. The molecule has 132 valence electrons. The lowest BCUT2D eigenvalue weighted by molar-refractivity contribution is -0.146. The molecule has 1 heterocycles. The van der Waals surface area contributed by atoms with Crippen molar-refractivity contribution in [3.8, 4) is 0 Å². The van der Waals surface area contributed by atoms with E-state index in [1.54, 1.807) is 0 Å². The topological polar surface area (TPSA) is 41.9 Å². The van der Waals surface area contributed by atoms with E-state index in [2.05, 4.69) is 11.8 Å². The lowest BCUT2D eigenvalue weighted by Gasteiger charge is -2.58. The summed E-state index contributed by atoms with van der Waals surface area (Å²) >= 11 is 0. The van der Waals surface area contributed by atoms with Gasteiger partial charge in [-0.15, -0.1) is 0 Å². The van der Waals surface area contributed by atoms with Crippen LogP contribution in [-0.2, 0) is 9.47 Å². The summed E-state index contributed by atoms with van der Waals surface area (Å²) in [6, 6.07) is 0. The predicted molar refractivity (Wildman–Crippen MR) is 89.3 cm³/mol. The van der Waals surface area contributed by atoms with Gasteiger partial charge >= 0.3 is 0 Å². The van der Waals surface area contributed by atoms with Crippen LogP contribution in [0.2, 0.25) is 0 Å². The van der Waals surface area contributed by atoms with Gasteiger partial charge in [-0.05, 0) is 68.6 Å². The average molecular weight is 323 g/mol. The van der Waals surface area contributed by atoms with Gasteiger partial charge in [-0.1, -0.05) is 0 Å². The molecule has 1 saturated heterocycles. The molecule has 4 aliphatic carbocycles. The average Bonchev–Trinajstić information content (AvgIpc) is 2.52. The fourth-order valence-corrected chi connectivity index (χ4v) is 6.24. The van der Waals surface area contributed by atoms with Gasteiger partial charge < -0.3 is 14.6 Å². The molecule has 4 nitrogen and oxygen atoms in total. The summed E-state index contributed by atoms with van der Waals surface area (Å²) in [5.41, 5.74) is 0.424. The van der Waals surface area contributed by atoms with Crippen LogP contribution in [0, 0.1) is 23.2 Å². The van der Waals surface area contributed by atoms with Crippen molar-refractivity contribution in [2.75, 3.05) is 39.5 Å². The lowest BCUT2D eigenvalue weighted by Crippen LogP contribution is -2.52. The lowest BCUT2D eigenvalue weighted by atomic mass is 9.48. The van der Waals surface area contributed by atoms with Gasteiger partial charge in [0.1, 0.15) is 0 Å². The monoisotopic (exact) mass is 323 g/mol. The highest BCUT2D eigenvalue weighted by Crippen LogP contribution is 2.61. The van der Waals surface area contributed by atoms with Crippen molar-refractivity contribution in [3.63, 3.8) is 0 Å². The number of aliphatic hydroxyl groups is 1. The Kier molecular flexibility index (Phi) is 4.70. The van der Waals surface area contributed by atoms with Crippen LogP contribution in [-0.4, -0.2) is 61.7 Å². The highest BCUT2D eigenvalue weighted by molar-refractivity contribution is 5.03. The molecule has 4 saturated carbocycles. The Morgan fingerprint density at radius 2 is 1.65 bits per heavy atom. The van der Waals surface area contributed by atoms with Crippen LogP contribution < -0.4 is 0 Å². The standard InChI is InChI=1S/C19H33NO3/c1-14(23-13-18(21)12-20-2-4-22-5-3-20)19-9-15-6-16(10-19)8-17(7-15)11-19/h14-18,21H,2-13H2,1H3. The summed E-state index contributed by atoms with van der Waals surface area (Å²) in [6.07, 6.45) is 8.49. The molecule has 0 aromatic carbocycles. The van der Waals surface area contributed by atoms with E-state index in [1.807, 2.05) is 0 Å². The molecule has 5 fully saturated rings. The number of nitrogens with zero attached hydrogens (tertiary/aromatic N) is 1. The van der Waals surface area contributed by atoms with Crippen molar-refractivity contribution in [2.24, 2.45) is 23.2 Å². The maximum absolute atomic E-state index is 10.3. The van der Waals surface area contributed by atoms with E-state index in [4.69, 9.17) is 9.47 Å². The molecule has 5 aliphatic rings. The molecule has 0 radical (unpaired) electrons. The number of rotatable bonds is 6. The highest BCUT2D eigenvalue weighted by atomic mass is 16.5. The van der Waals surface area contributed by atoms with E-state index in [0.717, 1.165) is 50.6 Å². The normalized spacial score (nSPS) is 42.8. The Morgan fingerprint density at radius 3 is 2.22 bits per heavy atom. The number of aliphatic hydroxyl groups excluding tert-OH is 1. The quantitative estimate of drug-likeness (QED) is 0.814. The number of morpholine rings is 1. The van der Waals surface area contributed by atoms with Crippen molar-refractivity contribution < 1.29 is 14.6 Å². The smallest absolute Gasteiger partial charge is 0.0900 e. The number of hydrogen-bond donors (Lipinski definition) is 1. The molecule has 0 spiro atoms. The first-order valence-electron chi connectivity index (χ1n) is 9.73. The third-order valence-electron chi connectivity index (χ3n) is 7.06. The predicted octanol–water partition coefficient (Wildman–Crippen LogP) is 2.30. The van der Waals surface area contributed by atoms with Crippen LogP contribution in [0.3, 0.4) is 0 Å². The Labute approximate surface area is 140 Å². The van der Waals surface area contributed by atoms with Crippen molar-refractivity contribution in [3.05, 3.63) is 0 Å². The van der Waals surface area contributed by atoms with E-state index in [0.29, 0.717) is 18.1 Å². The summed E-state index contributed by atoms with van der Waals surface area (Å²) in [7, 11) is 0. The zero-order valence-corrected chi connectivity index (χ0v) is 14.6. The Hall–Kier alpha value is -0.160. The van der Waals surface area contributed by atoms with Crippen LogP contribution in [0.5, 0.6) is 0 Å². The minimum Gasteiger partial charge on any atom is -0.389 e. The molecule has 23 heavy (non-hydrogen) atoms. The van der Waals surface area contributed by atoms with Crippen molar-refractivity contribution >= 4 is 0 Å². The van der Waals surface area contributed by atoms with Crippen LogP contribution in [0.4, 0.5) is 0 Å². The SMILES string of the molecule is CC(OCC(O)CN1CCOCC1)C12CC3CC(CC(C3)C1)C2. The van der Waals surface area contributed by atoms with Crippen molar-refractivity contribution in [1.82, 2.24) is 4.90 Å². The van der Waals surface area contributed by atoms with Crippen LogP contribution in [0.1, 0.15) is 45.4 Å². The minimum atomic E-state index is -0.371. The second-order valence-corrected chi connectivity index (χ2v) is 8.82. The zero-order chi connectivity index (χ0) is 15.9. The second-order valence-electron chi connectivity index (χ2n) is 8.82. The molecule has 1 aliphatic heterocycles. The van der Waals surface area contributed by atoms with Crippen LogP contribution in [0.25, 0.3) is 0 Å². The van der Waals surface area contributed by atoms with Crippen molar-refractivity contribution in [1.29, 1.82) is 0 Å². The van der Waals surface area contributed by atoms with Gasteiger partial charge in [0.05, 0.1) is 32.0 Å². The third kappa shape index (κ3) is 3.46. The van der Waals surface area contributed by atoms with E-state index in [-0.39, 0.29) is 6.10 Å². The molecule has 0 aromatic heterocycles. The number of ether oxygens (including phenoxy) is 2. The number of hydrogen-bond acceptors (Lipinski definition) is 4. The van der Waals surface area contributed by atoms with Crippen molar-refractivity contribution in [2.45, 2.75) is 57.7 Å². The van der Waals surface area contributed by atoms with E-state index in [1.165, 1.54) is 38.5 Å². The maximum atomic E-state index is 10.3. The van der Waals surface area contributed by atoms with Gasteiger partial charge in [0.15, 0.2) is 0 Å². The van der Waals surface area contributed by atoms with Crippen LogP contribution >= 0.6 is 0 Å². The molecule has 2 unspecified atom stereocenters. The molecule has 5 rings (SSSR count). The molecule has 0 aromatic rings. The van der Waals surface area contributed by atoms with E-state index in [9.17, 15) is 5.11 Å². The van der Waals surface area contributed by atoms with Gasteiger partial charge in [0.25, 0.3) is 0 Å². The Bertz CT molecular complexity index is 372. The zero-order valence-electron chi connectivity index (χ0n) is 14.6. The van der Waals surface area contributed by atoms with Gasteiger partial charge in [0, 0.05) is 19.6 Å². The van der Waals surface area contributed by atoms with Gasteiger partial charge in [-0.3, -0.25) is 4.90 Å². The molecule has 4 heteroatoms. The summed E-state index contributed by atoms with van der Waals surface area (Å²) in [5, 5.41) is 10.3. The molecular weight excluding hydrogens is 290 g/mol. The van der Waals surface area contributed by atoms with Crippen LogP contribution in [0.15, 0.2) is 0 Å². The molecule has 1 N–H and O–H groups in total. The van der Waals surface area contributed by atoms with Gasteiger partial charge in [-0.25, -0.2) is 0 Å². The number of β-amino-alcohol motifs (C(OH)–C–C–N with tert-alkyl or cyclic N) is 1. The first kappa shape index (κ1) is 16.3. The summed E-state index contributed by atoms with van der Waals surface area (Å²) < 4.78 is 11.6. The molecule has 0 amide bonds. The van der Waals surface area contributed by atoms with E-state index >= 15 is 0 Å². The molecule has 4 bridgehead atoms. The highest BCUT2D eigenvalue weighted by Gasteiger charge is 2.53. The van der Waals surface area contributed by atoms with E-state index < -0.39 is 0 Å². The Morgan fingerprint density at radius 1 is 1.09 bits per heavy atom. The first-order valence-corrected chi connectivity index (χ1v) is 9.73. The van der Waals surface area contributed by atoms with Gasteiger partial charge in [0.2, 0.25) is 0 Å². The first-order chi connectivity index (χ1) is 11.1.